The Morgan fingerprint density at radius 2 is 2.00 bits per heavy atom. The van der Waals surface area contributed by atoms with Crippen molar-refractivity contribution in [1.29, 1.82) is 0 Å². The highest BCUT2D eigenvalue weighted by atomic mass is 35.5. The number of likely N-dealkylation sites (N-methyl/N-ethyl adjacent to an activating group) is 1. The van der Waals surface area contributed by atoms with Gasteiger partial charge in [0.1, 0.15) is 11.2 Å². The van der Waals surface area contributed by atoms with E-state index in [1.54, 1.807) is 29.5 Å². The summed E-state index contributed by atoms with van der Waals surface area (Å²) in [5, 5.41) is 24.4. The summed E-state index contributed by atoms with van der Waals surface area (Å²) >= 11 is 14.3. The molecule has 218 valence electrons. The largest absolute Gasteiger partial charge is 0.394 e. The van der Waals surface area contributed by atoms with E-state index in [0.29, 0.717) is 29.1 Å². The Morgan fingerprint density at radius 1 is 1.20 bits per heavy atom. The monoisotopic (exact) mass is 618 g/mol. The minimum absolute atomic E-state index is 0.0848. The molecule has 41 heavy (non-hydrogen) atoms. The molecule has 5 rings (SSSR count). The molecule has 6 nitrogen and oxygen atoms in total. The molecule has 2 aromatic carbocycles. The summed E-state index contributed by atoms with van der Waals surface area (Å²) in [6, 6.07) is 12.9. The third kappa shape index (κ3) is 5.58. The smallest absolute Gasteiger partial charge is 0.237 e. The lowest BCUT2D eigenvalue weighted by molar-refractivity contribution is -0.124. The molecule has 10 heteroatoms. The van der Waals surface area contributed by atoms with Crippen molar-refractivity contribution in [3.8, 4) is 0 Å². The molecule has 1 amide bonds. The van der Waals surface area contributed by atoms with Crippen molar-refractivity contribution in [3.05, 3.63) is 85.8 Å². The van der Waals surface area contributed by atoms with Gasteiger partial charge < -0.3 is 15.5 Å². The van der Waals surface area contributed by atoms with Crippen LogP contribution in [0.5, 0.6) is 0 Å². The number of nitrogens with zero attached hydrogens (tertiary/aromatic N) is 1. The Bertz CT molecular complexity index is 1420. The van der Waals surface area contributed by atoms with Crippen molar-refractivity contribution < 1.29 is 24.2 Å². The number of aliphatic hydroxyl groups is 2. The van der Waals surface area contributed by atoms with Crippen molar-refractivity contribution >= 4 is 51.9 Å². The predicted molar refractivity (Wildman–Crippen MR) is 160 cm³/mol. The number of hydrogen-bond acceptors (Lipinski definition) is 6. The van der Waals surface area contributed by atoms with Gasteiger partial charge in [-0.1, -0.05) is 41.4 Å². The molecule has 1 saturated heterocycles. The summed E-state index contributed by atoms with van der Waals surface area (Å²) in [4.78, 5) is 31.6. The van der Waals surface area contributed by atoms with Gasteiger partial charge in [0.25, 0.3) is 0 Å². The number of thiophene rings is 1. The fraction of sp³-hybridized carbons (Fsp3) is 0.419. The second kappa shape index (κ2) is 12.5. The van der Waals surface area contributed by atoms with E-state index >= 15 is 4.39 Å². The summed E-state index contributed by atoms with van der Waals surface area (Å²) in [6.07, 6.45) is 2.10. The third-order valence-electron chi connectivity index (χ3n) is 8.58. The number of halogens is 3. The number of nitrogens with one attached hydrogen (secondary N) is 1. The number of carbonyl (C=O) groups is 2. The molecule has 0 bridgehead atoms. The van der Waals surface area contributed by atoms with Gasteiger partial charge in [0, 0.05) is 34.0 Å². The van der Waals surface area contributed by atoms with Crippen molar-refractivity contribution in [2.45, 2.75) is 68.0 Å². The number of aliphatic hydroxyl groups excluding tert-OH is 2. The van der Waals surface area contributed by atoms with Gasteiger partial charge in [0.2, 0.25) is 5.91 Å². The Labute approximate surface area is 253 Å². The Balaban J connectivity index is 1.63. The number of amides is 1. The Hall–Kier alpha value is -2.33. The van der Waals surface area contributed by atoms with E-state index in [4.69, 9.17) is 23.2 Å². The molecule has 1 aromatic heterocycles. The van der Waals surface area contributed by atoms with Crippen LogP contribution < -0.4 is 5.32 Å². The van der Waals surface area contributed by atoms with Crippen LogP contribution in [0.2, 0.25) is 10.0 Å². The molecule has 1 fully saturated rings. The van der Waals surface area contributed by atoms with E-state index in [9.17, 15) is 19.8 Å². The molecule has 3 N–H and O–H groups in total. The van der Waals surface area contributed by atoms with Crippen LogP contribution in [-0.2, 0) is 21.4 Å². The Kier molecular flexibility index (Phi) is 9.19. The molecular formula is C31H33Cl2FN2O4S. The molecule has 0 radical (unpaired) electrons. The van der Waals surface area contributed by atoms with Gasteiger partial charge in [-0.25, -0.2) is 4.39 Å². The molecule has 0 saturated carbocycles. The molecule has 3 heterocycles. The number of likely N-dealkylation sites (tertiary alicyclic amines) is 1. The summed E-state index contributed by atoms with van der Waals surface area (Å²) < 4.78 is 15.1. The highest BCUT2D eigenvalue weighted by Gasteiger charge is 2.67. The number of ketones is 1. The predicted octanol–water partition coefficient (Wildman–Crippen LogP) is 5.97. The summed E-state index contributed by atoms with van der Waals surface area (Å²) in [5.41, 5.74) is 0.385. The van der Waals surface area contributed by atoms with Crippen molar-refractivity contribution in [2.75, 3.05) is 19.0 Å². The average molecular weight is 620 g/mol. The fourth-order valence-corrected chi connectivity index (χ4v) is 7.97. The van der Waals surface area contributed by atoms with E-state index < -0.39 is 35.3 Å². The number of benzene rings is 2. The fourth-order valence-electron chi connectivity index (χ4n) is 6.85. The lowest BCUT2D eigenvalue weighted by atomic mass is 9.63. The molecular weight excluding hydrogens is 586 g/mol. The zero-order valence-corrected chi connectivity index (χ0v) is 25.0. The minimum Gasteiger partial charge on any atom is -0.394 e. The minimum atomic E-state index is -1.28. The van der Waals surface area contributed by atoms with E-state index in [-0.39, 0.29) is 36.2 Å². The summed E-state index contributed by atoms with van der Waals surface area (Å²) in [6.45, 7) is -0.372. The summed E-state index contributed by atoms with van der Waals surface area (Å²) in [7, 11) is 1.87. The van der Waals surface area contributed by atoms with Crippen LogP contribution >= 0.6 is 34.5 Å². The number of anilines is 1. The van der Waals surface area contributed by atoms with E-state index in [2.05, 4.69) is 11.4 Å². The topological polar surface area (TPSA) is 89.9 Å². The number of hydrogen-bond donors (Lipinski definition) is 3. The first-order chi connectivity index (χ1) is 19.7. The van der Waals surface area contributed by atoms with Crippen LogP contribution in [0.25, 0.3) is 0 Å². The number of carbonyl (C=O) groups excluding carboxylic acids is 2. The zero-order valence-electron chi connectivity index (χ0n) is 22.7. The maximum atomic E-state index is 15.1. The molecule has 0 aliphatic carbocycles. The van der Waals surface area contributed by atoms with Gasteiger partial charge in [-0.2, -0.15) is 0 Å². The highest BCUT2D eigenvalue weighted by molar-refractivity contribution is 7.09. The normalized spacial score (nSPS) is 24.5. The van der Waals surface area contributed by atoms with Crippen LogP contribution in [0, 0.1) is 5.82 Å². The van der Waals surface area contributed by atoms with Crippen LogP contribution in [0.4, 0.5) is 10.1 Å². The van der Waals surface area contributed by atoms with Crippen molar-refractivity contribution in [2.24, 2.45) is 0 Å². The van der Waals surface area contributed by atoms with Gasteiger partial charge in [0.05, 0.1) is 23.8 Å². The van der Waals surface area contributed by atoms with Gasteiger partial charge in [0.15, 0.2) is 5.78 Å². The molecule has 2 aliphatic heterocycles. The van der Waals surface area contributed by atoms with Crippen LogP contribution in [0.15, 0.2) is 53.9 Å². The van der Waals surface area contributed by atoms with Gasteiger partial charge >= 0.3 is 0 Å². The lowest BCUT2D eigenvalue weighted by Crippen LogP contribution is -2.48. The Morgan fingerprint density at radius 3 is 2.71 bits per heavy atom. The first-order valence-electron chi connectivity index (χ1n) is 13.8. The third-order valence-corrected chi connectivity index (χ3v) is 10.0. The lowest BCUT2D eigenvalue weighted by Gasteiger charge is -2.36. The van der Waals surface area contributed by atoms with Gasteiger partial charge in [-0.05, 0) is 86.0 Å². The van der Waals surface area contributed by atoms with Crippen molar-refractivity contribution in [3.63, 3.8) is 0 Å². The molecule has 2 aliphatic rings. The number of rotatable bonds is 11. The number of Topliss-reactive ketones (excluding diaryl/α,β-unsaturated/α-hetero) is 1. The van der Waals surface area contributed by atoms with Gasteiger partial charge in [-0.3, -0.25) is 14.5 Å². The van der Waals surface area contributed by atoms with Crippen LogP contribution in [0.1, 0.15) is 54.0 Å². The van der Waals surface area contributed by atoms with E-state index in [1.165, 1.54) is 17.0 Å². The summed E-state index contributed by atoms with van der Waals surface area (Å²) in [5.74, 6) is -1.66. The van der Waals surface area contributed by atoms with Gasteiger partial charge in [-0.15, -0.1) is 11.3 Å². The first-order valence-corrected chi connectivity index (χ1v) is 15.4. The van der Waals surface area contributed by atoms with E-state index in [0.717, 1.165) is 18.4 Å². The molecule has 5 atom stereocenters. The second-order valence-corrected chi connectivity index (χ2v) is 12.8. The molecule has 0 unspecified atom stereocenters. The quantitative estimate of drug-likeness (QED) is 0.246. The second-order valence-electron chi connectivity index (χ2n) is 11.0. The number of aryl methyl sites for hydroxylation is 1. The maximum absolute atomic E-state index is 15.1. The molecule has 1 spiro atoms. The SMILES string of the molecule is CN1[C@@H](C(=O)CCC[C@H](O)CO)[C@H](c2cccc(Cl)c2)[C@@]2(C(=O)Nc3cc(Cl)c(F)cc32)[C@H]1CCCc1cccs1. The van der Waals surface area contributed by atoms with E-state index in [1.807, 2.05) is 29.5 Å². The van der Waals surface area contributed by atoms with Crippen LogP contribution in [0.3, 0.4) is 0 Å². The standard InChI is InChI=1S/C31H33Cl2FN2O4S/c1-36-27(12-4-9-21-10-5-13-41-21)31(22-15-24(34)23(33)16-25(22)35-30(31)40)28(18-6-2-7-19(32)14-18)29(36)26(39)11-3-8-20(38)17-37/h2,5-7,10,13-16,20,27-29,37-38H,3-4,8-9,11-12,17H2,1H3,(H,35,40)/t20-,27+,28-,29-,31-/m0/s1. The average Bonchev–Trinajstić information content (AvgIpc) is 3.62. The zero-order chi connectivity index (χ0) is 29.3. The van der Waals surface area contributed by atoms with Crippen molar-refractivity contribution in [1.82, 2.24) is 4.90 Å². The van der Waals surface area contributed by atoms with Crippen LogP contribution in [-0.4, -0.2) is 58.6 Å². The number of fused-ring (bicyclic) bond motifs is 2. The molecule has 3 aromatic rings. The highest BCUT2D eigenvalue weighted by Crippen LogP contribution is 2.59. The first kappa shape index (κ1) is 30.1. The maximum Gasteiger partial charge on any atom is 0.237 e.